The van der Waals surface area contributed by atoms with Crippen molar-refractivity contribution in [3.05, 3.63) is 267 Å². The molecule has 0 saturated heterocycles. The van der Waals surface area contributed by atoms with Crippen molar-refractivity contribution in [1.82, 2.24) is 0 Å². The molecule has 0 nitrogen and oxygen atoms in total. The van der Waals surface area contributed by atoms with Crippen LogP contribution in [0.2, 0.25) is 0 Å². The molecule has 0 heterocycles. The Morgan fingerprint density at radius 1 is 0.139 bits per heavy atom. The van der Waals surface area contributed by atoms with Crippen LogP contribution in [0, 0.1) is 0 Å². The van der Waals surface area contributed by atoms with Gasteiger partial charge < -0.3 is 0 Å². The van der Waals surface area contributed by atoms with Gasteiger partial charge >= 0.3 is 0 Å². The van der Waals surface area contributed by atoms with Crippen molar-refractivity contribution in [1.29, 1.82) is 0 Å². The normalized spacial score (nSPS) is 11.9. The molecule has 15 rings (SSSR count). The van der Waals surface area contributed by atoms with Gasteiger partial charge in [-0.1, -0.05) is 261 Å². The Morgan fingerprint density at radius 3 is 0.847 bits per heavy atom. The summed E-state index contributed by atoms with van der Waals surface area (Å²) in [4.78, 5) is 0. The maximum absolute atomic E-state index is 2.33. The Hall–Kier alpha value is -9.36. The third-order valence-electron chi connectivity index (χ3n) is 15.6. The third-order valence-corrected chi connectivity index (χ3v) is 15.6. The molecule has 0 unspecified atom stereocenters. The summed E-state index contributed by atoms with van der Waals surface area (Å²) in [5.41, 5.74) is 17.3. The van der Waals surface area contributed by atoms with Gasteiger partial charge in [-0.3, -0.25) is 0 Å². The molecule has 332 valence electrons. The zero-order chi connectivity index (χ0) is 47.3. The Labute approximate surface area is 418 Å². The lowest BCUT2D eigenvalue weighted by Gasteiger charge is -2.17. The van der Waals surface area contributed by atoms with Crippen LogP contribution in [-0.4, -0.2) is 0 Å². The number of benzene rings is 15. The van der Waals surface area contributed by atoms with Gasteiger partial charge in [0.15, 0.2) is 0 Å². The van der Waals surface area contributed by atoms with Gasteiger partial charge in [0.25, 0.3) is 0 Å². The van der Waals surface area contributed by atoms with Gasteiger partial charge in [-0.2, -0.15) is 0 Å². The van der Waals surface area contributed by atoms with E-state index in [0.29, 0.717) is 0 Å². The Kier molecular flexibility index (Phi) is 9.06. The molecule has 0 aliphatic rings. The van der Waals surface area contributed by atoms with Crippen LogP contribution in [0.25, 0.3) is 153 Å². The summed E-state index contributed by atoms with van der Waals surface area (Å²) in [6.07, 6.45) is 0. The van der Waals surface area contributed by atoms with Crippen molar-refractivity contribution in [2.45, 2.75) is 0 Å². The van der Waals surface area contributed by atoms with E-state index < -0.39 is 0 Å². The van der Waals surface area contributed by atoms with Crippen molar-refractivity contribution in [2.24, 2.45) is 0 Å². The summed E-state index contributed by atoms with van der Waals surface area (Å²) in [6, 6.07) is 99.2. The average Bonchev–Trinajstić information content (AvgIpc) is 3.46. The second kappa shape index (κ2) is 16.1. The fourth-order valence-corrected chi connectivity index (χ4v) is 12.1. The van der Waals surface area contributed by atoms with E-state index in [9.17, 15) is 0 Å². The smallest absolute Gasteiger partial charge is 0.00203 e. The lowest BCUT2D eigenvalue weighted by Crippen LogP contribution is -1.90. The summed E-state index contributed by atoms with van der Waals surface area (Å²) in [6.45, 7) is 0. The highest BCUT2D eigenvalue weighted by molar-refractivity contribution is 6.29. The van der Waals surface area contributed by atoms with Crippen molar-refractivity contribution < 1.29 is 0 Å². The van der Waals surface area contributed by atoms with E-state index in [1.54, 1.807) is 0 Å². The van der Waals surface area contributed by atoms with Gasteiger partial charge in [0.05, 0.1) is 0 Å². The van der Waals surface area contributed by atoms with Gasteiger partial charge in [0.2, 0.25) is 0 Å². The van der Waals surface area contributed by atoms with Crippen molar-refractivity contribution >= 4 is 75.4 Å². The number of hydrogen-bond acceptors (Lipinski definition) is 0. The van der Waals surface area contributed by atoms with Crippen molar-refractivity contribution in [2.75, 3.05) is 0 Å². The zero-order valence-electron chi connectivity index (χ0n) is 39.4. The minimum atomic E-state index is 1.20. The van der Waals surface area contributed by atoms with Crippen LogP contribution < -0.4 is 0 Å². The van der Waals surface area contributed by atoms with Crippen LogP contribution in [0.3, 0.4) is 0 Å². The molecule has 0 spiro atoms. The molecule has 0 N–H and O–H groups in total. The standard InChI is InChI=1S/C72H44/c1-2-8-47(9-3-1)61-36-28-53-33-41-66-62(37-29-54-32-40-65(61)69(53)70(54)66)50-20-16-45(17-21-50)57-12-6-13-58(44-57)46-18-22-51(23-19-46)63-38-30-55-35-43-68-64(39-31-56-34-42-67(63)71(55)72(56)68)52-26-24-49(25-27-52)60-15-7-11-48-10-4-5-14-59(48)60/h1-44H. The maximum Gasteiger partial charge on any atom is -0.00203 e. The topological polar surface area (TPSA) is 0 Å². The van der Waals surface area contributed by atoms with Crippen LogP contribution in [0.1, 0.15) is 0 Å². The SMILES string of the molecule is c1ccc(-c2ccc3ccc4c(-c5ccc(-c6cccc(-c7ccc(-c8ccc9ccc%10c(-c%11ccc(-c%12cccc%13ccccc%12%13)cc%11)ccc%11ccc8c9c%11%10)cc7)c6)cc5)ccc5ccc2c3c54)cc1. The maximum atomic E-state index is 2.33. The third kappa shape index (κ3) is 6.40. The summed E-state index contributed by atoms with van der Waals surface area (Å²) in [5.74, 6) is 0. The largest absolute Gasteiger partial charge is 0.0622 e. The average molecular weight is 909 g/mol. The number of hydrogen-bond donors (Lipinski definition) is 0. The van der Waals surface area contributed by atoms with Gasteiger partial charge in [-0.05, 0) is 159 Å². The summed E-state index contributed by atoms with van der Waals surface area (Å²) in [5, 5.41) is 18.2. The lowest BCUT2D eigenvalue weighted by atomic mass is 9.86. The van der Waals surface area contributed by atoms with E-state index in [1.165, 1.54) is 153 Å². The van der Waals surface area contributed by atoms with E-state index in [0.717, 1.165) is 0 Å². The monoisotopic (exact) mass is 908 g/mol. The molecular formula is C72H44. The first-order valence-corrected chi connectivity index (χ1v) is 25.1. The predicted octanol–water partition coefficient (Wildman–Crippen LogP) is 20.3. The summed E-state index contributed by atoms with van der Waals surface area (Å²) < 4.78 is 0. The molecule has 0 saturated carbocycles. The number of rotatable bonds is 7. The first-order chi connectivity index (χ1) is 35.7. The minimum absolute atomic E-state index is 1.20. The summed E-state index contributed by atoms with van der Waals surface area (Å²) >= 11 is 0. The first kappa shape index (κ1) is 40.5. The van der Waals surface area contributed by atoms with Gasteiger partial charge in [0, 0.05) is 0 Å². The highest BCUT2D eigenvalue weighted by atomic mass is 14.2. The van der Waals surface area contributed by atoms with Crippen LogP contribution in [0.5, 0.6) is 0 Å². The fourth-order valence-electron chi connectivity index (χ4n) is 12.1. The first-order valence-electron chi connectivity index (χ1n) is 25.1. The summed E-state index contributed by atoms with van der Waals surface area (Å²) in [7, 11) is 0. The van der Waals surface area contributed by atoms with Crippen LogP contribution >= 0.6 is 0 Å². The highest BCUT2D eigenvalue weighted by Crippen LogP contribution is 2.45. The second-order valence-electron chi connectivity index (χ2n) is 19.5. The van der Waals surface area contributed by atoms with Crippen molar-refractivity contribution in [3.8, 4) is 77.9 Å². The Balaban J connectivity index is 0.730. The molecule has 0 bridgehead atoms. The van der Waals surface area contributed by atoms with Crippen LogP contribution in [-0.2, 0) is 0 Å². The number of fused-ring (bicyclic) bond motifs is 1. The van der Waals surface area contributed by atoms with E-state index >= 15 is 0 Å². The van der Waals surface area contributed by atoms with Gasteiger partial charge in [0.1, 0.15) is 0 Å². The molecule has 0 aliphatic carbocycles. The molecule has 15 aromatic carbocycles. The molecule has 0 atom stereocenters. The highest BCUT2D eigenvalue weighted by Gasteiger charge is 2.18. The van der Waals surface area contributed by atoms with Crippen molar-refractivity contribution in [3.63, 3.8) is 0 Å². The molecule has 0 aliphatic heterocycles. The molecule has 0 aromatic heterocycles. The van der Waals surface area contributed by atoms with E-state index in [1.807, 2.05) is 0 Å². The second-order valence-corrected chi connectivity index (χ2v) is 19.5. The quantitative estimate of drug-likeness (QED) is 0.140. The molecule has 0 radical (unpaired) electrons. The van der Waals surface area contributed by atoms with Gasteiger partial charge in [-0.15, -0.1) is 0 Å². The molecule has 0 amide bonds. The van der Waals surface area contributed by atoms with Crippen LogP contribution in [0.15, 0.2) is 267 Å². The zero-order valence-corrected chi connectivity index (χ0v) is 39.4. The molecule has 0 heteroatoms. The fraction of sp³-hybridized carbons (Fsp3) is 0. The molecule has 0 fully saturated rings. The van der Waals surface area contributed by atoms with E-state index in [4.69, 9.17) is 0 Å². The Morgan fingerprint density at radius 2 is 0.431 bits per heavy atom. The molecular weight excluding hydrogens is 865 g/mol. The van der Waals surface area contributed by atoms with Gasteiger partial charge in [-0.25, -0.2) is 0 Å². The molecule has 72 heavy (non-hydrogen) atoms. The van der Waals surface area contributed by atoms with Crippen LogP contribution in [0.4, 0.5) is 0 Å². The van der Waals surface area contributed by atoms with E-state index in [2.05, 4.69) is 267 Å². The minimum Gasteiger partial charge on any atom is -0.0622 e. The predicted molar refractivity (Wildman–Crippen MR) is 309 cm³/mol. The van der Waals surface area contributed by atoms with E-state index in [-0.39, 0.29) is 0 Å². The Bertz CT molecular complexity index is 4550. The lowest BCUT2D eigenvalue weighted by molar-refractivity contribution is 1.58. The molecule has 15 aromatic rings.